The Balaban J connectivity index is 1.47. The largest absolute Gasteiger partial charge is 0.454 e. The second kappa shape index (κ2) is 6.79. The van der Waals surface area contributed by atoms with E-state index in [1.54, 1.807) is 11.8 Å². The number of nitrogens with one attached hydrogen (secondary N) is 1. The van der Waals surface area contributed by atoms with Gasteiger partial charge in [0, 0.05) is 11.8 Å². The molecule has 0 aromatic heterocycles. The summed E-state index contributed by atoms with van der Waals surface area (Å²) in [5.41, 5.74) is 1.04. The first-order valence-electron chi connectivity index (χ1n) is 7.17. The van der Waals surface area contributed by atoms with Crippen molar-refractivity contribution in [1.82, 2.24) is 5.32 Å². The summed E-state index contributed by atoms with van der Waals surface area (Å²) in [4.78, 5) is 11.8. The van der Waals surface area contributed by atoms with Gasteiger partial charge in [0.2, 0.25) is 12.7 Å². The van der Waals surface area contributed by atoms with Gasteiger partial charge >= 0.3 is 0 Å². The minimum Gasteiger partial charge on any atom is -0.454 e. The van der Waals surface area contributed by atoms with Crippen LogP contribution in [0.25, 0.3) is 0 Å². The van der Waals surface area contributed by atoms with Crippen molar-refractivity contribution in [3.63, 3.8) is 0 Å². The van der Waals surface area contributed by atoms with Crippen molar-refractivity contribution >= 4 is 29.3 Å². The molecule has 0 unspecified atom stereocenters. The van der Waals surface area contributed by atoms with Crippen LogP contribution in [0.15, 0.2) is 12.1 Å². The summed E-state index contributed by atoms with van der Waals surface area (Å²) < 4.78 is 10.6. The molecule has 1 aromatic rings. The van der Waals surface area contributed by atoms with Crippen molar-refractivity contribution in [2.24, 2.45) is 0 Å². The van der Waals surface area contributed by atoms with Crippen LogP contribution in [-0.2, 0) is 10.5 Å². The number of ether oxygens (including phenoxy) is 2. The van der Waals surface area contributed by atoms with Crippen molar-refractivity contribution in [2.75, 3.05) is 12.5 Å². The fourth-order valence-corrected chi connectivity index (χ4v) is 3.77. The number of amides is 1. The van der Waals surface area contributed by atoms with E-state index in [2.05, 4.69) is 5.32 Å². The second-order valence-electron chi connectivity index (χ2n) is 5.35. The summed E-state index contributed by atoms with van der Waals surface area (Å²) in [5, 5.41) is 3.65. The average molecular weight is 328 g/mol. The van der Waals surface area contributed by atoms with Crippen LogP contribution in [0.4, 0.5) is 0 Å². The van der Waals surface area contributed by atoms with E-state index in [0.717, 1.165) is 24.2 Å². The smallest absolute Gasteiger partial charge is 0.231 e. The average Bonchev–Trinajstić information content (AvgIpc) is 3.09. The number of carbonyl (C=O) groups excluding carboxylic acids is 1. The Bertz CT molecular complexity index is 532. The molecule has 1 N–H and O–H groups in total. The SMILES string of the molecule is O=C(CSCc1cc(Cl)c2c(c1)OCO2)NC1CCCC1. The van der Waals surface area contributed by atoms with Crippen molar-refractivity contribution < 1.29 is 14.3 Å². The first-order chi connectivity index (χ1) is 10.2. The molecule has 3 rings (SSSR count). The van der Waals surface area contributed by atoms with Gasteiger partial charge in [0.05, 0.1) is 10.8 Å². The van der Waals surface area contributed by atoms with Gasteiger partial charge in [-0.3, -0.25) is 4.79 Å². The van der Waals surface area contributed by atoms with Crippen molar-refractivity contribution in [1.29, 1.82) is 0 Å². The standard InChI is InChI=1S/C15H18ClNO3S/c16-12-5-10(6-13-15(12)20-9-19-13)7-21-8-14(18)17-11-3-1-2-4-11/h5-6,11H,1-4,7-9H2,(H,17,18). The van der Waals surface area contributed by atoms with Crippen LogP contribution in [0.5, 0.6) is 11.5 Å². The minimum atomic E-state index is 0.124. The molecule has 1 amide bonds. The van der Waals surface area contributed by atoms with Gasteiger partial charge in [0.15, 0.2) is 11.5 Å². The third-order valence-electron chi connectivity index (χ3n) is 3.71. The summed E-state index contributed by atoms with van der Waals surface area (Å²) in [7, 11) is 0. The number of hydrogen-bond acceptors (Lipinski definition) is 4. The van der Waals surface area contributed by atoms with Crippen LogP contribution in [0.3, 0.4) is 0 Å². The Kier molecular flexibility index (Phi) is 4.80. The molecule has 0 spiro atoms. The highest BCUT2D eigenvalue weighted by molar-refractivity contribution is 7.99. The molecule has 1 heterocycles. The Hall–Kier alpha value is -1.07. The van der Waals surface area contributed by atoms with Gasteiger partial charge in [-0.05, 0) is 30.5 Å². The van der Waals surface area contributed by atoms with Gasteiger partial charge < -0.3 is 14.8 Å². The first kappa shape index (κ1) is 14.9. The lowest BCUT2D eigenvalue weighted by Crippen LogP contribution is -2.33. The maximum atomic E-state index is 11.8. The monoisotopic (exact) mass is 327 g/mol. The van der Waals surface area contributed by atoms with Gasteiger partial charge in [-0.2, -0.15) is 0 Å². The predicted molar refractivity (Wildman–Crippen MR) is 84.1 cm³/mol. The van der Waals surface area contributed by atoms with E-state index in [-0.39, 0.29) is 12.7 Å². The number of benzene rings is 1. The van der Waals surface area contributed by atoms with E-state index < -0.39 is 0 Å². The summed E-state index contributed by atoms with van der Waals surface area (Å²) in [6.45, 7) is 0.218. The highest BCUT2D eigenvalue weighted by Gasteiger charge is 2.19. The lowest BCUT2D eigenvalue weighted by molar-refractivity contribution is -0.119. The Labute approximate surface area is 133 Å². The molecule has 21 heavy (non-hydrogen) atoms. The van der Waals surface area contributed by atoms with E-state index in [1.807, 2.05) is 12.1 Å². The van der Waals surface area contributed by atoms with E-state index >= 15 is 0 Å². The van der Waals surface area contributed by atoms with Crippen LogP contribution in [0, 0.1) is 0 Å². The fraction of sp³-hybridized carbons (Fsp3) is 0.533. The van der Waals surface area contributed by atoms with E-state index in [0.29, 0.717) is 28.3 Å². The molecule has 0 atom stereocenters. The summed E-state index contributed by atoms with van der Waals surface area (Å²) in [6, 6.07) is 4.19. The van der Waals surface area contributed by atoms with E-state index in [9.17, 15) is 4.79 Å². The third-order valence-corrected chi connectivity index (χ3v) is 4.99. The van der Waals surface area contributed by atoms with Crippen LogP contribution in [0.2, 0.25) is 5.02 Å². The van der Waals surface area contributed by atoms with Gasteiger partial charge in [-0.1, -0.05) is 24.4 Å². The summed E-state index contributed by atoms with van der Waals surface area (Å²) in [6.07, 6.45) is 4.70. The van der Waals surface area contributed by atoms with Crippen LogP contribution in [0.1, 0.15) is 31.2 Å². The molecule has 1 aliphatic carbocycles. The number of thioether (sulfide) groups is 1. The summed E-state index contributed by atoms with van der Waals surface area (Å²) in [5.74, 6) is 2.63. The molecule has 6 heteroatoms. The third kappa shape index (κ3) is 3.77. The molecular weight excluding hydrogens is 310 g/mol. The number of rotatable bonds is 5. The maximum absolute atomic E-state index is 11.8. The normalized spacial score (nSPS) is 17.2. The van der Waals surface area contributed by atoms with Crippen molar-refractivity contribution in [3.8, 4) is 11.5 Å². The van der Waals surface area contributed by atoms with Gasteiger partial charge in [0.1, 0.15) is 0 Å². The number of halogens is 1. The molecule has 2 aliphatic rings. The first-order valence-corrected chi connectivity index (χ1v) is 8.71. The molecule has 1 fully saturated rings. The predicted octanol–water partition coefficient (Wildman–Crippen LogP) is 3.36. The molecule has 0 radical (unpaired) electrons. The van der Waals surface area contributed by atoms with Gasteiger partial charge in [0.25, 0.3) is 0 Å². The van der Waals surface area contributed by atoms with E-state index in [4.69, 9.17) is 21.1 Å². The van der Waals surface area contributed by atoms with Crippen LogP contribution in [-0.4, -0.2) is 24.5 Å². The Morgan fingerprint density at radius 3 is 2.95 bits per heavy atom. The van der Waals surface area contributed by atoms with Crippen LogP contribution < -0.4 is 14.8 Å². The quantitative estimate of drug-likeness (QED) is 0.901. The lowest BCUT2D eigenvalue weighted by Gasteiger charge is -2.11. The molecule has 114 valence electrons. The Morgan fingerprint density at radius 2 is 2.14 bits per heavy atom. The zero-order chi connectivity index (χ0) is 14.7. The molecule has 0 saturated heterocycles. The van der Waals surface area contributed by atoms with Gasteiger partial charge in [-0.15, -0.1) is 11.8 Å². The topological polar surface area (TPSA) is 47.6 Å². The molecule has 4 nitrogen and oxygen atoms in total. The van der Waals surface area contributed by atoms with E-state index in [1.165, 1.54) is 12.8 Å². The summed E-state index contributed by atoms with van der Waals surface area (Å²) >= 11 is 7.72. The fourth-order valence-electron chi connectivity index (χ4n) is 2.71. The maximum Gasteiger partial charge on any atom is 0.231 e. The van der Waals surface area contributed by atoms with Crippen LogP contribution >= 0.6 is 23.4 Å². The number of hydrogen-bond donors (Lipinski definition) is 1. The minimum absolute atomic E-state index is 0.124. The Morgan fingerprint density at radius 1 is 1.33 bits per heavy atom. The highest BCUT2D eigenvalue weighted by Crippen LogP contribution is 2.40. The molecule has 1 saturated carbocycles. The highest BCUT2D eigenvalue weighted by atomic mass is 35.5. The molecule has 1 aliphatic heterocycles. The van der Waals surface area contributed by atoms with Crippen molar-refractivity contribution in [3.05, 3.63) is 22.7 Å². The molecule has 1 aromatic carbocycles. The molecular formula is C15H18ClNO3S. The second-order valence-corrected chi connectivity index (χ2v) is 6.75. The van der Waals surface area contributed by atoms with Crippen molar-refractivity contribution in [2.45, 2.75) is 37.5 Å². The zero-order valence-electron chi connectivity index (χ0n) is 11.7. The van der Waals surface area contributed by atoms with Gasteiger partial charge in [-0.25, -0.2) is 0 Å². The lowest BCUT2D eigenvalue weighted by atomic mass is 10.2. The zero-order valence-corrected chi connectivity index (χ0v) is 13.3. The number of carbonyl (C=O) groups is 1. The number of fused-ring (bicyclic) bond motifs is 1. The molecule has 0 bridgehead atoms.